The van der Waals surface area contributed by atoms with Crippen molar-refractivity contribution in [3.8, 4) is 0 Å². The molecule has 0 spiro atoms. The van der Waals surface area contributed by atoms with Crippen molar-refractivity contribution in [2.75, 3.05) is 6.61 Å². The average Bonchev–Trinajstić information content (AvgIpc) is 2.31. The molecule has 0 radical (unpaired) electrons. The molecular formula is C10H13N3O5. The number of aromatic amines is 1. The predicted octanol–water partition coefficient (Wildman–Crippen LogP) is -1.44. The van der Waals surface area contributed by atoms with E-state index in [1.807, 2.05) is 0 Å². The number of carboxylic acid groups (broad SMARTS) is 1. The Morgan fingerprint density at radius 2 is 2.06 bits per heavy atom. The summed E-state index contributed by atoms with van der Waals surface area (Å²) < 4.78 is 0. The minimum absolute atomic E-state index is 0.206. The Morgan fingerprint density at radius 3 is 2.56 bits per heavy atom. The lowest BCUT2D eigenvalue weighted by molar-refractivity contribution is -0.140. The minimum atomic E-state index is -1.45. The maximum atomic E-state index is 11.8. The van der Waals surface area contributed by atoms with Gasteiger partial charge in [-0.2, -0.15) is 5.10 Å². The summed E-state index contributed by atoms with van der Waals surface area (Å²) in [5, 5.41) is 25.3. The smallest absolute Gasteiger partial charge is 0.328 e. The fraction of sp³-hybridized carbons (Fsp3) is 0.400. The lowest BCUT2D eigenvalue weighted by atomic mass is 10.1. The highest BCUT2D eigenvalue weighted by molar-refractivity contribution is 5.97. The van der Waals surface area contributed by atoms with Crippen LogP contribution in [0.1, 0.15) is 21.6 Å². The molecule has 1 heterocycles. The number of H-pyrrole nitrogens is 1. The number of carbonyl (C=O) groups is 2. The van der Waals surface area contributed by atoms with Gasteiger partial charge in [0.15, 0.2) is 6.04 Å². The first-order valence-corrected chi connectivity index (χ1v) is 5.09. The van der Waals surface area contributed by atoms with Crippen LogP contribution < -0.4 is 10.9 Å². The largest absolute Gasteiger partial charge is 0.480 e. The van der Waals surface area contributed by atoms with Crippen molar-refractivity contribution < 1.29 is 19.8 Å². The maximum absolute atomic E-state index is 11.8. The fourth-order valence-electron chi connectivity index (χ4n) is 1.31. The second-order valence-electron chi connectivity index (χ2n) is 3.69. The van der Waals surface area contributed by atoms with Crippen LogP contribution in [0, 0.1) is 13.8 Å². The molecular weight excluding hydrogens is 242 g/mol. The van der Waals surface area contributed by atoms with E-state index < -0.39 is 30.1 Å². The van der Waals surface area contributed by atoms with E-state index in [4.69, 9.17) is 10.2 Å². The Balaban J connectivity index is 3.09. The standard InChI is InChI=1S/C10H13N3O5/c1-4-5(2)12-13-9(16)7(4)8(15)11-6(3-14)10(17)18/h6,14H,3H2,1-2H3,(H,11,15)(H,13,16)(H,17,18)/t6-/m0/s1. The predicted molar refractivity (Wildman–Crippen MR) is 60.3 cm³/mol. The van der Waals surface area contributed by atoms with Gasteiger partial charge in [-0.25, -0.2) is 9.89 Å². The highest BCUT2D eigenvalue weighted by Crippen LogP contribution is 2.05. The van der Waals surface area contributed by atoms with E-state index in [-0.39, 0.29) is 5.56 Å². The first-order chi connectivity index (χ1) is 8.38. The summed E-state index contributed by atoms with van der Waals surface area (Å²) in [6.45, 7) is 2.37. The van der Waals surface area contributed by atoms with Crippen LogP contribution in [0.2, 0.25) is 0 Å². The second kappa shape index (κ2) is 5.41. The van der Waals surface area contributed by atoms with E-state index in [0.717, 1.165) is 0 Å². The Labute approximate surface area is 102 Å². The number of carbonyl (C=O) groups excluding carboxylic acids is 1. The van der Waals surface area contributed by atoms with E-state index in [1.54, 1.807) is 6.92 Å². The molecule has 18 heavy (non-hydrogen) atoms. The highest BCUT2D eigenvalue weighted by Gasteiger charge is 2.23. The van der Waals surface area contributed by atoms with Gasteiger partial charge in [0.05, 0.1) is 12.3 Å². The Kier molecular flexibility index (Phi) is 4.16. The van der Waals surface area contributed by atoms with E-state index in [2.05, 4.69) is 15.5 Å². The Morgan fingerprint density at radius 1 is 1.44 bits per heavy atom. The van der Waals surface area contributed by atoms with Gasteiger partial charge < -0.3 is 15.5 Å². The number of aryl methyl sites for hydroxylation is 1. The normalized spacial score (nSPS) is 11.9. The molecule has 0 aliphatic carbocycles. The number of rotatable bonds is 4. The lowest BCUT2D eigenvalue weighted by Crippen LogP contribution is -2.45. The van der Waals surface area contributed by atoms with Crippen molar-refractivity contribution in [1.82, 2.24) is 15.5 Å². The van der Waals surface area contributed by atoms with E-state index in [1.165, 1.54) is 6.92 Å². The van der Waals surface area contributed by atoms with E-state index >= 15 is 0 Å². The van der Waals surface area contributed by atoms with Gasteiger partial charge in [0, 0.05) is 0 Å². The summed E-state index contributed by atoms with van der Waals surface area (Å²) in [4.78, 5) is 33.9. The van der Waals surface area contributed by atoms with Gasteiger partial charge in [0.25, 0.3) is 11.5 Å². The van der Waals surface area contributed by atoms with Crippen molar-refractivity contribution in [3.63, 3.8) is 0 Å². The molecule has 4 N–H and O–H groups in total. The molecule has 0 fully saturated rings. The quantitative estimate of drug-likeness (QED) is 0.521. The summed E-state index contributed by atoms with van der Waals surface area (Å²) >= 11 is 0. The van der Waals surface area contributed by atoms with E-state index in [0.29, 0.717) is 11.3 Å². The number of aliphatic carboxylic acids is 1. The zero-order valence-electron chi connectivity index (χ0n) is 9.85. The van der Waals surface area contributed by atoms with Crippen LogP contribution in [0.25, 0.3) is 0 Å². The molecule has 0 saturated heterocycles. The highest BCUT2D eigenvalue weighted by atomic mass is 16.4. The number of amides is 1. The van der Waals surface area contributed by atoms with Crippen LogP contribution in [0.15, 0.2) is 4.79 Å². The molecule has 1 rings (SSSR count). The summed E-state index contributed by atoms with van der Waals surface area (Å²) in [5.74, 6) is -2.24. The summed E-state index contributed by atoms with van der Waals surface area (Å²) in [7, 11) is 0. The third-order valence-electron chi connectivity index (χ3n) is 2.48. The number of aliphatic hydroxyl groups is 1. The minimum Gasteiger partial charge on any atom is -0.480 e. The van der Waals surface area contributed by atoms with Crippen LogP contribution in [0.5, 0.6) is 0 Å². The van der Waals surface area contributed by atoms with Crippen LogP contribution in [0.3, 0.4) is 0 Å². The van der Waals surface area contributed by atoms with Gasteiger partial charge in [-0.3, -0.25) is 9.59 Å². The van der Waals surface area contributed by atoms with Gasteiger partial charge in [-0.05, 0) is 19.4 Å². The lowest BCUT2D eigenvalue weighted by Gasteiger charge is -2.12. The van der Waals surface area contributed by atoms with Crippen LogP contribution in [-0.2, 0) is 4.79 Å². The number of aromatic nitrogens is 2. The van der Waals surface area contributed by atoms with Crippen molar-refractivity contribution >= 4 is 11.9 Å². The second-order valence-corrected chi connectivity index (χ2v) is 3.69. The molecule has 0 aliphatic heterocycles. The summed E-state index contributed by atoms with van der Waals surface area (Å²) in [6, 6.07) is -1.45. The molecule has 98 valence electrons. The molecule has 0 aromatic carbocycles. The number of nitrogens with zero attached hydrogens (tertiary/aromatic N) is 1. The SMILES string of the molecule is Cc1n[nH]c(=O)c(C(=O)N[C@@H](CO)C(=O)O)c1C. The molecule has 0 saturated carbocycles. The molecule has 8 nitrogen and oxygen atoms in total. The molecule has 0 aliphatic rings. The summed E-state index contributed by atoms with van der Waals surface area (Å²) in [5.41, 5.74) is -0.103. The Hall–Kier alpha value is -2.22. The topological polar surface area (TPSA) is 132 Å². The molecule has 1 aromatic rings. The molecule has 1 aromatic heterocycles. The van der Waals surface area contributed by atoms with Crippen LogP contribution in [0.4, 0.5) is 0 Å². The van der Waals surface area contributed by atoms with Gasteiger partial charge >= 0.3 is 5.97 Å². The van der Waals surface area contributed by atoms with Gasteiger partial charge in [0.2, 0.25) is 0 Å². The number of aliphatic hydroxyl groups excluding tert-OH is 1. The third kappa shape index (κ3) is 2.72. The average molecular weight is 255 g/mol. The molecule has 8 heteroatoms. The van der Waals surface area contributed by atoms with Crippen molar-refractivity contribution in [2.45, 2.75) is 19.9 Å². The van der Waals surface area contributed by atoms with Gasteiger partial charge in [0.1, 0.15) is 5.56 Å². The summed E-state index contributed by atoms with van der Waals surface area (Å²) in [6.07, 6.45) is 0. The maximum Gasteiger partial charge on any atom is 0.328 e. The first kappa shape index (κ1) is 13.8. The first-order valence-electron chi connectivity index (χ1n) is 5.09. The van der Waals surface area contributed by atoms with Crippen LogP contribution >= 0.6 is 0 Å². The van der Waals surface area contributed by atoms with Gasteiger partial charge in [-0.15, -0.1) is 0 Å². The molecule has 1 amide bonds. The molecule has 0 unspecified atom stereocenters. The van der Waals surface area contributed by atoms with E-state index in [9.17, 15) is 14.4 Å². The zero-order valence-corrected chi connectivity index (χ0v) is 9.85. The number of nitrogens with one attached hydrogen (secondary N) is 2. The van der Waals surface area contributed by atoms with Gasteiger partial charge in [-0.1, -0.05) is 0 Å². The Bertz CT molecular complexity index is 537. The van der Waals surface area contributed by atoms with Crippen molar-refractivity contribution in [2.24, 2.45) is 0 Å². The fourth-order valence-corrected chi connectivity index (χ4v) is 1.31. The van der Waals surface area contributed by atoms with Crippen molar-refractivity contribution in [3.05, 3.63) is 27.2 Å². The third-order valence-corrected chi connectivity index (χ3v) is 2.48. The monoisotopic (exact) mass is 255 g/mol. The van der Waals surface area contributed by atoms with Crippen LogP contribution in [-0.4, -0.2) is 44.9 Å². The number of hydrogen-bond acceptors (Lipinski definition) is 5. The number of hydrogen-bond donors (Lipinski definition) is 4. The zero-order chi connectivity index (χ0) is 13.9. The molecule has 0 bridgehead atoms. The number of carboxylic acids is 1. The van der Waals surface area contributed by atoms with Crippen molar-refractivity contribution in [1.29, 1.82) is 0 Å². The molecule has 1 atom stereocenters.